The van der Waals surface area contributed by atoms with Crippen molar-refractivity contribution in [2.24, 2.45) is 5.73 Å². The van der Waals surface area contributed by atoms with Gasteiger partial charge in [0.1, 0.15) is 0 Å². The zero-order valence-corrected chi connectivity index (χ0v) is 8.04. The molecule has 13 heavy (non-hydrogen) atoms. The van der Waals surface area contributed by atoms with E-state index in [9.17, 15) is 4.79 Å². The van der Waals surface area contributed by atoms with E-state index in [4.69, 9.17) is 18.0 Å². The van der Waals surface area contributed by atoms with E-state index in [1.165, 1.54) is 11.8 Å². The number of nitrogens with two attached hydrogens (primary N) is 1. The van der Waals surface area contributed by atoms with Crippen LogP contribution in [0, 0.1) is 0 Å². The Morgan fingerprint density at radius 2 is 1.92 bits per heavy atom. The Hall–Kier alpha value is -1.42. The Balaban J connectivity index is 3.03. The van der Waals surface area contributed by atoms with Crippen LogP contribution in [0.4, 0.5) is 5.69 Å². The molecule has 0 aliphatic carbocycles. The highest BCUT2D eigenvalue weighted by Gasteiger charge is 2.12. The van der Waals surface area contributed by atoms with Gasteiger partial charge in [-0.1, -0.05) is 18.2 Å². The van der Waals surface area contributed by atoms with E-state index in [1.807, 2.05) is 18.2 Å². The Bertz CT molecular complexity index is 310. The number of para-hydroxylation sites is 1. The normalized spacial score (nSPS) is 9.31. The molecule has 1 aromatic carbocycles. The van der Waals surface area contributed by atoms with Crippen LogP contribution < -0.4 is 10.6 Å². The highest BCUT2D eigenvalue weighted by atomic mass is 32.1. The number of amides is 1. The van der Waals surface area contributed by atoms with Crippen LogP contribution >= 0.6 is 12.2 Å². The summed E-state index contributed by atoms with van der Waals surface area (Å²) in [5.41, 5.74) is 6.10. The summed E-state index contributed by atoms with van der Waals surface area (Å²) in [6.45, 7) is 1.42. The first-order chi connectivity index (χ1) is 6.13. The van der Waals surface area contributed by atoms with Crippen molar-refractivity contribution in [2.45, 2.75) is 6.92 Å². The second-order valence-electron chi connectivity index (χ2n) is 2.53. The SMILES string of the molecule is CC(=O)N(C(N)=S)c1ccccc1. The molecule has 2 N–H and O–H groups in total. The third kappa shape index (κ3) is 2.26. The van der Waals surface area contributed by atoms with Crippen molar-refractivity contribution in [1.82, 2.24) is 0 Å². The summed E-state index contributed by atoms with van der Waals surface area (Å²) >= 11 is 4.76. The number of nitrogens with zero attached hydrogens (tertiary/aromatic N) is 1. The minimum absolute atomic E-state index is 0.0682. The molecule has 0 atom stereocenters. The van der Waals surface area contributed by atoms with Crippen LogP contribution in [0.3, 0.4) is 0 Å². The van der Waals surface area contributed by atoms with Crippen molar-refractivity contribution < 1.29 is 4.79 Å². The van der Waals surface area contributed by atoms with Gasteiger partial charge in [0.25, 0.3) is 0 Å². The fourth-order valence-electron chi connectivity index (χ4n) is 1.04. The van der Waals surface area contributed by atoms with Crippen LogP contribution in [0.25, 0.3) is 0 Å². The van der Waals surface area contributed by atoms with Crippen molar-refractivity contribution in [1.29, 1.82) is 0 Å². The molecule has 0 bridgehead atoms. The Labute approximate surface area is 82.1 Å². The van der Waals surface area contributed by atoms with Gasteiger partial charge in [0.2, 0.25) is 5.91 Å². The number of anilines is 1. The van der Waals surface area contributed by atoms with Crippen LogP contribution in [0.2, 0.25) is 0 Å². The largest absolute Gasteiger partial charge is 0.376 e. The molecule has 1 rings (SSSR count). The maximum atomic E-state index is 11.1. The monoisotopic (exact) mass is 194 g/mol. The van der Waals surface area contributed by atoms with Gasteiger partial charge in [0, 0.05) is 6.92 Å². The van der Waals surface area contributed by atoms with Gasteiger partial charge < -0.3 is 5.73 Å². The summed E-state index contributed by atoms with van der Waals surface area (Å²) in [7, 11) is 0. The van der Waals surface area contributed by atoms with E-state index in [2.05, 4.69) is 0 Å². The molecule has 0 radical (unpaired) electrons. The van der Waals surface area contributed by atoms with Crippen LogP contribution in [-0.4, -0.2) is 11.0 Å². The maximum absolute atomic E-state index is 11.1. The lowest BCUT2D eigenvalue weighted by Gasteiger charge is -2.18. The van der Waals surface area contributed by atoms with Gasteiger partial charge in [-0.3, -0.25) is 9.69 Å². The maximum Gasteiger partial charge on any atom is 0.230 e. The second kappa shape index (κ2) is 4.00. The molecule has 1 amide bonds. The van der Waals surface area contributed by atoms with E-state index >= 15 is 0 Å². The molecule has 1 aromatic rings. The summed E-state index contributed by atoms with van der Waals surface area (Å²) in [5, 5.41) is 0.0682. The van der Waals surface area contributed by atoms with E-state index in [-0.39, 0.29) is 11.0 Å². The number of thiocarbonyl (C=S) groups is 1. The van der Waals surface area contributed by atoms with Gasteiger partial charge in [0.15, 0.2) is 5.11 Å². The standard InChI is InChI=1S/C9H10N2OS/c1-7(12)11(9(10)13)8-5-3-2-4-6-8/h2-6H,1H3,(H2,10,13). The second-order valence-corrected chi connectivity index (χ2v) is 2.95. The lowest BCUT2D eigenvalue weighted by Crippen LogP contribution is -2.39. The molecule has 0 unspecified atom stereocenters. The molecule has 0 aliphatic heterocycles. The van der Waals surface area contributed by atoms with Crippen LogP contribution in [-0.2, 0) is 4.79 Å². The fourth-order valence-corrected chi connectivity index (χ4v) is 1.28. The number of hydrogen-bond acceptors (Lipinski definition) is 2. The minimum atomic E-state index is -0.182. The topological polar surface area (TPSA) is 46.3 Å². The molecule has 0 aromatic heterocycles. The van der Waals surface area contributed by atoms with Crippen LogP contribution in [0.1, 0.15) is 6.92 Å². The number of carbonyl (C=O) groups excluding carboxylic acids is 1. The third-order valence-electron chi connectivity index (χ3n) is 1.55. The first kappa shape index (κ1) is 9.67. The summed E-state index contributed by atoms with van der Waals surface area (Å²) in [6, 6.07) is 9.07. The van der Waals surface area contributed by atoms with Crippen LogP contribution in [0.5, 0.6) is 0 Å². The average molecular weight is 194 g/mol. The predicted molar refractivity (Wildman–Crippen MR) is 56.4 cm³/mol. The zero-order valence-electron chi connectivity index (χ0n) is 7.23. The van der Waals surface area contributed by atoms with E-state index in [0.717, 1.165) is 0 Å². The minimum Gasteiger partial charge on any atom is -0.376 e. The molecule has 3 nitrogen and oxygen atoms in total. The Kier molecular flexibility index (Phi) is 2.97. The first-order valence-electron chi connectivity index (χ1n) is 3.78. The quantitative estimate of drug-likeness (QED) is 0.685. The lowest BCUT2D eigenvalue weighted by atomic mass is 10.3. The van der Waals surface area contributed by atoms with Gasteiger partial charge in [0.05, 0.1) is 5.69 Å². The predicted octanol–water partition coefficient (Wildman–Crippen LogP) is 1.28. The van der Waals surface area contributed by atoms with Crippen molar-refractivity contribution in [2.75, 3.05) is 4.90 Å². The Morgan fingerprint density at radius 1 is 1.38 bits per heavy atom. The fraction of sp³-hybridized carbons (Fsp3) is 0.111. The van der Waals surface area contributed by atoms with Gasteiger partial charge in [-0.2, -0.15) is 0 Å². The number of benzene rings is 1. The molecular weight excluding hydrogens is 184 g/mol. The lowest BCUT2D eigenvalue weighted by molar-refractivity contribution is -0.115. The van der Waals surface area contributed by atoms with Crippen LogP contribution in [0.15, 0.2) is 30.3 Å². The Morgan fingerprint density at radius 3 is 2.31 bits per heavy atom. The summed E-state index contributed by atoms with van der Waals surface area (Å²) in [5.74, 6) is -0.182. The molecule has 0 saturated carbocycles. The van der Waals surface area contributed by atoms with E-state index < -0.39 is 0 Å². The average Bonchev–Trinajstić information content (AvgIpc) is 2.04. The van der Waals surface area contributed by atoms with Gasteiger partial charge in [-0.25, -0.2) is 0 Å². The van der Waals surface area contributed by atoms with Crippen molar-refractivity contribution in [3.63, 3.8) is 0 Å². The first-order valence-corrected chi connectivity index (χ1v) is 4.19. The molecular formula is C9H10N2OS. The number of rotatable bonds is 1. The molecule has 0 aliphatic rings. The summed E-state index contributed by atoms with van der Waals surface area (Å²) < 4.78 is 0. The summed E-state index contributed by atoms with van der Waals surface area (Å²) in [6.07, 6.45) is 0. The molecule has 0 saturated heterocycles. The highest BCUT2D eigenvalue weighted by Crippen LogP contribution is 2.12. The third-order valence-corrected chi connectivity index (χ3v) is 1.73. The molecule has 0 heterocycles. The van der Waals surface area contributed by atoms with Crippen molar-refractivity contribution >= 4 is 28.9 Å². The van der Waals surface area contributed by atoms with Gasteiger partial charge in [-0.05, 0) is 24.4 Å². The molecule has 68 valence electrons. The van der Waals surface area contributed by atoms with E-state index in [0.29, 0.717) is 5.69 Å². The zero-order chi connectivity index (χ0) is 9.84. The number of carbonyl (C=O) groups is 1. The highest BCUT2D eigenvalue weighted by molar-refractivity contribution is 7.80. The summed E-state index contributed by atoms with van der Waals surface area (Å²) in [4.78, 5) is 12.4. The smallest absolute Gasteiger partial charge is 0.230 e. The van der Waals surface area contributed by atoms with Crippen molar-refractivity contribution in [3.05, 3.63) is 30.3 Å². The van der Waals surface area contributed by atoms with E-state index in [1.54, 1.807) is 12.1 Å². The van der Waals surface area contributed by atoms with Gasteiger partial charge >= 0.3 is 0 Å². The molecule has 0 spiro atoms. The molecule has 0 fully saturated rings. The number of hydrogen-bond donors (Lipinski definition) is 1. The van der Waals surface area contributed by atoms with Crippen molar-refractivity contribution in [3.8, 4) is 0 Å². The van der Waals surface area contributed by atoms with Gasteiger partial charge in [-0.15, -0.1) is 0 Å². The molecule has 4 heteroatoms.